The van der Waals surface area contributed by atoms with Crippen LogP contribution in [0.3, 0.4) is 0 Å². The maximum absolute atomic E-state index is 8.96. The molecule has 0 aliphatic rings. The lowest BCUT2D eigenvalue weighted by atomic mass is 10.2. The monoisotopic (exact) mass is 328 g/mol. The molecular formula is C15H9BrN2O2. The van der Waals surface area contributed by atoms with Crippen molar-refractivity contribution in [2.24, 2.45) is 0 Å². The summed E-state index contributed by atoms with van der Waals surface area (Å²) in [7, 11) is 1.53. The van der Waals surface area contributed by atoms with Gasteiger partial charge in [0, 0.05) is 6.07 Å². The van der Waals surface area contributed by atoms with Crippen LogP contribution in [0.15, 0.2) is 40.9 Å². The van der Waals surface area contributed by atoms with Gasteiger partial charge in [-0.1, -0.05) is 0 Å². The Labute approximate surface area is 124 Å². The summed E-state index contributed by atoms with van der Waals surface area (Å²) in [4.78, 5) is 0. The zero-order valence-electron chi connectivity index (χ0n) is 10.6. The van der Waals surface area contributed by atoms with Gasteiger partial charge in [0.1, 0.15) is 17.2 Å². The highest BCUT2D eigenvalue weighted by atomic mass is 79.9. The van der Waals surface area contributed by atoms with Crippen LogP contribution in [0.5, 0.6) is 17.2 Å². The predicted molar refractivity (Wildman–Crippen MR) is 76.6 cm³/mol. The molecule has 0 atom stereocenters. The summed E-state index contributed by atoms with van der Waals surface area (Å²) in [5.41, 5.74) is 0.983. The van der Waals surface area contributed by atoms with E-state index in [1.807, 2.05) is 12.1 Å². The molecule has 2 aromatic rings. The molecule has 0 amide bonds. The molecule has 20 heavy (non-hydrogen) atoms. The third-order valence-electron chi connectivity index (χ3n) is 2.53. The number of rotatable bonds is 3. The largest absolute Gasteiger partial charge is 0.497 e. The second-order valence-corrected chi connectivity index (χ2v) is 4.72. The van der Waals surface area contributed by atoms with E-state index in [9.17, 15) is 0 Å². The van der Waals surface area contributed by atoms with E-state index in [1.54, 1.807) is 36.4 Å². The van der Waals surface area contributed by atoms with Crippen molar-refractivity contribution in [3.63, 3.8) is 0 Å². The van der Waals surface area contributed by atoms with Crippen molar-refractivity contribution in [2.45, 2.75) is 0 Å². The molecule has 5 heteroatoms. The first-order valence-electron chi connectivity index (χ1n) is 5.63. The van der Waals surface area contributed by atoms with Crippen LogP contribution in [0, 0.1) is 22.7 Å². The first-order valence-corrected chi connectivity index (χ1v) is 6.42. The fourth-order valence-electron chi connectivity index (χ4n) is 1.59. The van der Waals surface area contributed by atoms with Crippen LogP contribution in [-0.2, 0) is 0 Å². The maximum Gasteiger partial charge on any atom is 0.141 e. The Balaban J connectivity index is 2.35. The highest BCUT2D eigenvalue weighted by Gasteiger charge is 2.07. The SMILES string of the molecule is COc1cc(C#N)cc(Oc2ccc(C#N)cc2Br)c1. The minimum absolute atomic E-state index is 0.448. The van der Waals surface area contributed by atoms with Crippen molar-refractivity contribution in [3.8, 4) is 29.4 Å². The zero-order valence-corrected chi connectivity index (χ0v) is 12.1. The first kappa shape index (κ1) is 13.9. The van der Waals surface area contributed by atoms with E-state index < -0.39 is 0 Å². The molecule has 0 bridgehead atoms. The fraction of sp³-hybridized carbons (Fsp3) is 0.0667. The highest BCUT2D eigenvalue weighted by Crippen LogP contribution is 2.32. The molecule has 0 aromatic heterocycles. The van der Waals surface area contributed by atoms with Crippen LogP contribution < -0.4 is 9.47 Å². The highest BCUT2D eigenvalue weighted by molar-refractivity contribution is 9.10. The smallest absolute Gasteiger partial charge is 0.141 e. The van der Waals surface area contributed by atoms with Crippen molar-refractivity contribution < 1.29 is 9.47 Å². The van der Waals surface area contributed by atoms with Crippen molar-refractivity contribution in [1.29, 1.82) is 10.5 Å². The summed E-state index contributed by atoms with van der Waals surface area (Å²) in [6.45, 7) is 0. The Morgan fingerprint density at radius 2 is 1.65 bits per heavy atom. The molecular weight excluding hydrogens is 320 g/mol. The number of nitrogens with zero attached hydrogens (tertiary/aromatic N) is 2. The average molecular weight is 329 g/mol. The maximum atomic E-state index is 8.96. The number of benzene rings is 2. The molecule has 98 valence electrons. The predicted octanol–water partition coefficient (Wildman–Crippen LogP) is 3.99. The summed E-state index contributed by atoms with van der Waals surface area (Å²) in [6, 6.07) is 14.0. The third kappa shape index (κ3) is 3.09. The topological polar surface area (TPSA) is 66.0 Å². The Bertz CT molecular complexity index is 730. The van der Waals surface area contributed by atoms with E-state index >= 15 is 0 Å². The third-order valence-corrected chi connectivity index (χ3v) is 3.15. The van der Waals surface area contributed by atoms with E-state index in [2.05, 4.69) is 15.9 Å². The fourth-order valence-corrected chi connectivity index (χ4v) is 2.05. The lowest BCUT2D eigenvalue weighted by Crippen LogP contribution is -1.90. The summed E-state index contributed by atoms with van der Waals surface area (Å²) >= 11 is 3.34. The average Bonchev–Trinajstić information content (AvgIpc) is 2.48. The number of hydrogen-bond acceptors (Lipinski definition) is 4. The number of methoxy groups -OCH3 is 1. The molecule has 0 aliphatic heterocycles. The van der Waals surface area contributed by atoms with Gasteiger partial charge in [-0.2, -0.15) is 10.5 Å². The van der Waals surface area contributed by atoms with E-state index in [4.69, 9.17) is 20.0 Å². The molecule has 0 N–H and O–H groups in total. The molecule has 0 aliphatic carbocycles. The standard InChI is InChI=1S/C15H9BrN2O2/c1-19-12-4-11(9-18)5-13(7-12)20-15-3-2-10(8-17)6-14(15)16/h2-7H,1H3. The Morgan fingerprint density at radius 1 is 0.950 bits per heavy atom. The first-order chi connectivity index (χ1) is 9.66. The van der Waals surface area contributed by atoms with Gasteiger partial charge in [-0.25, -0.2) is 0 Å². The van der Waals surface area contributed by atoms with Crippen LogP contribution in [0.2, 0.25) is 0 Å². The van der Waals surface area contributed by atoms with E-state index in [1.165, 1.54) is 7.11 Å². The molecule has 0 saturated heterocycles. The lowest BCUT2D eigenvalue weighted by molar-refractivity contribution is 0.408. The van der Waals surface area contributed by atoms with Gasteiger partial charge in [0.05, 0.1) is 34.8 Å². The number of ether oxygens (including phenoxy) is 2. The van der Waals surface area contributed by atoms with Gasteiger partial charge in [0.2, 0.25) is 0 Å². The van der Waals surface area contributed by atoms with Gasteiger partial charge in [-0.05, 0) is 46.3 Å². The van der Waals surface area contributed by atoms with Gasteiger partial charge < -0.3 is 9.47 Å². The number of hydrogen-bond donors (Lipinski definition) is 0. The molecule has 0 radical (unpaired) electrons. The second-order valence-electron chi connectivity index (χ2n) is 3.87. The summed E-state index contributed by atoms with van der Waals surface area (Å²) in [6.07, 6.45) is 0. The number of halogens is 1. The van der Waals surface area contributed by atoms with Crippen molar-refractivity contribution in [3.05, 3.63) is 52.0 Å². The second kappa shape index (κ2) is 6.10. The van der Waals surface area contributed by atoms with Crippen molar-refractivity contribution >= 4 is 15.9 Å². The van der Waals surface area contributed by atoms with Gasteiger partial charge in [0.15, 0.2) is 0 Å². The van der Waals surface area contributed by atoms with Crippen LogP contribution in [0.4, 0.5) is 0 Å². The molecule has 0 fully saturated rings. The Hall–Kier alpha value is -2.50. The lowest BCUT2D eigenvalue weighted by Gasteiger charge is -2.09. The van der Waals surface area contributed by atoms with Gasteiger partial charge in [0.25, 0.3) is 0 Å². The minimum atomic E-state index is 0.448. The van der Waals surface area contributed by atoms with Crippen molar-refractivity contribution in [1.82, 2.24) is 0 Å². The normalized spacial score (nSPS) is 9.40. The Morgan fingerprint density at radius 3 is 2.25 bits per heavy atom. The molecule has 0 unspecified atom stereocenters. The molecule has 2 rings (SSSR count). The van der Waals surface area contributed by atoms with E-state index in [0.717, 1.165) is 0 Å². The Kier molecular flexibility index (Phi) is 4.24. The van der Waals surface area contributed by atoms with Crippen molar-refractivity contribution in [2.75, 3.05) is 7.11 Å². The molecule has 2 aromatic carbocycles. The van der Waals surface area contributed by atoms with Crippen LogP contribution in [0.1, 0.15) is 11.1 Å². The molecule has 0 heterocycles. The van der Waals surface area contributed by atoms with E-state index in [-0.39, 0.29) is 0 Å². The zero-order chi connectivity index (χ0) is 14.5. The van der Waals surface area contributed by atoms with Crippen LogP contribution >= 0.6 is 15.9 Å². The quantitative estimate of drug-likeness (QED) is 0.854. The van der Waals surface area contributed by atoms with Gasteiger partial charge in [-0.15, -0.1) is 0 Å². The summed E-state index contributed by atoms with van der Waals surface area (Å²) in [5, 5.41) is 17.8. The minimum Gasteiger partial charge on any atom is -0.497 e. The summed E-state index contributed by atoms with van der Waals surface area (Å²) < 4.78 is 11.5. The van der Waals surface area contributed by atoms with Gasteiger partial charge in [-0.3, -0.25) is 0 Å². The molecule has 4 nitrogen and oxygen atoms in total. The molecule has 0 saturated carbocycles. The van der Waals surface area contributed by atoms with Gasteiger partial charge >= 0.3 is 0 Å². The molecule has 0 spiro atoms. The summed E-state index contributed by atoms with van der Waals surface area (Å²) in [5.74, 6) is 1.59. The van der Waals surface area contributed by atoms with Crippen LogP contribution in [0.25, 0.3) is 0 Å². The van der Waals surface area contributed by atoms with Crippen LogP contribution in [-0.4, -0.2) is 7.11 Å². The number of nitriles is 2. The van der Waals surface area contributed by atoms with E-state index in [0.29, 0.717) is 32.8 Å².